The molecule has 2 nitrogen and oxygen atoms in total. The minimum atomic E-state index is -2.69. The van der Waals surface area contributed by atoms with Crippen molar-refractivity contribution in [2.24, 2.45) is 0 Å². The Balaban J connectivity index is 1.26. The van der Waals surface area contributed by atoms with Gasteiger partial charge in [-0.1, -0.05) is 188 Å². The van der Waals surface area contributed by atoms with Crippen LogP contribution in [-0.2, 0) is 0 Å². The topological polar surface area (TPSA) is 9.86 Å². The number of nitrogens with zero attached hydrogens (tertiary/aromatic N) is 2. The molecule has 0 aliphatic rings. The molecule has 11 aromatic rings. The fraction of sp³-hybridized carbons (Fsp3) is 0. The van der Waals surface area contributed by atoms with Crippen LogP contribution in [0.5, 0.6) is 0 Å². The fourth-order valence-corrected chi connectivity index (χ4v) is 14.2. The SMILES string of the molecule is c1ccc(-n2c3ccccc3c3c2c(-c2ccc([Si](c4ccccc4)(c4ccccc4)c4ccccc4)cc2)cc2c4ccccc4n(-c4ccccc4)c23)cc1. The average Bonchev–Trinajstić information content (AvgIpc) is 3.82. The summed E-state index contributed by atoms with van der Waals surface area (Å²) in [6.07, 6.45) is 0. The van der Waals surface area contributed by atoms with E-state index in [4.69, 9.17) is 0 Å². The van der Waals surface area contributed by atoms with Gasteiger partial charge >= 0.3 is 0 Å². The van der Waals surface area contributed by atoms with Crippen LogP contribution in [0.25, 0.3) is 66.1 Å². The van der Waals surface area contributed by atoms with E-state index in [1.54, 1.807) is 0 Å². The van der Waals surface area contributed by atoms with E-state index in [0.29, 0.717) is 0 Å². The van der Waals surface area contributed by atoms with Crippen LogP contribution in [-0.4, -0.2) is 17.2 Å². The molecule has 0 bridgehead atoms. The molecule has 3 heteroatoms. The van der Waals surface area contributed by atoms with Gasteiger partial charge in [0.1, 0.15) is 0 Å². The third-order valence-electron chi connectivity index (χ3n) is 11.8. The van der Waals surface area contributed by atoms with E-state index in [0.717, 1.165) is 11.4 Å². The molecule has 0 aliphatic heterocycles. The minimum Gasteiger partial charge on any atom is -0.309 e. The Bertz CT molecular complexity index is 3090. The second-order valence-electron chi connectivity index (χ2n) is 14.8. The van der Waals surface area contributed by atoms with Crippen molar-refractivity contribution < 1.29 is 0 Å². The van der Waals surface area contributed by atoms with Gasteiger partial charge in [-0.05, 0) is 68.8 Å². The molecule has 0 atom stereocenters. The summed E-state index contributed by atoms with van der Waals surface area (Å²) in [7, 11) is -2.69. The van der Waals surface area contributed by atoms with Crippen molar-refractivity contribution in [1.29, 1.82) is 0 Å². The van der Waals surface area contributed by atoms with E-state index >= 15 is 0 Å². The largest absolute Gasteiger partial charge is 0.309 e. The van der Waals surface area contributed by atoms with Crippen molar-refractivity contribution in [3.63, 3.8) is 0 Å². The second-order valence-corrected chi connectivity index (χ2v) is 18.7. The first-order valence-electron chi connectivity index (χ1n) is 19.7. The van der Waals surface area contributed by atoms with Crippen LogP contribution in [0.1, 0.15) is 0 Å². The van der Waals surface area contributed by atoms with Crippen molar-refractivity contribution in [2.75, 3.05) is 0 Å². The van der Waals surface area contributed by atoms with Gasteiger partial charge in [0.15, 0.2) is 8.07 Å². The molecule has 0 amide bonds. The summed E-state index contributed by atoms with van der Waals surface area (Å²) in [6, 6.07) is 85.1. The van der Waals surface area contributed by atoms with E-state index in [1.807, 2.05) is 0 Å². The predicted molar refractivity (Wildman–Crippen MR) is 244 cm³/mol. The maximum atomic E-state index is 2.48. The molecule has 0 aliphatic carbocycles. The molecule has 9 aromatic carbocycles. The van der Waals surface area contributed by atoms with E-state index in [1.165, 1.54) is 75.5 Å². The van der Waals surface area contributed by atoms with Gasteiger partial charge in [0.2, 0.25) is 0 Å². The van der Waals surface area contributed by atoms with Crippen molar-refractivity contribution in [3.8, 4) is 22.5 Å². The first-order chi connectivity index (χ1) is 28.3. The fourth-order valence-electron chi connectivity index (χ4n) is 9.48. The van der Waals surface area contributed by atoms with Gasteiger partial charge in [-0.2, -0.15) is 0 Å². The van der Waals surface area contributed by atoms with Crippen LogP contribution in [0.2, 0.25) is 0 Å². The van der Waals surface area contributed by atoms with Gasteiger partial charge in [0.25, 0.3) is 0 Å². The van der Waals surface area contributed by atoms with Gasteiger partial charge in [-0.3, -0.25) is 0 Å². The lowest BCUT2D eigenvalue weighted by atomic mass is 9.98. The second kappa shape index (κ2) is 13.5. The molecule has 0 N–H and O–H groups in total. The summed E-state index contributed by atoms with van der Waals surface area (Å²) in [5.41, 5.74) is 9.54. The van der Waals surface area contributed by atoms with Crippen molar-refractivity contribution in [3.05, 3.63) is 231 Å². The molecule has 0 unspecified atom stereocenters. The Morgan fingerprint density at radius 3 is 1.19 bits per heavy atom. The van der Waals surface area contributed by atoms with E-state index in [2.05, 4.69) is 240 Å². The summed E-state index contributed by atoms with van der Waals surface area (Å²) < 4.78 is 4.96. The molecule has 0 fully saturated rings. The lowest BCUT2D eigenvalue weighted by Gasteiger charge is -2.34. The van der Waals surface area contributed by atoms with E-state index in [9.17, 15) is 0 Å². The lowest BCUT2D eigenvalue weighted by molar-refractivity contribution is 1.17. The average molecular weight is 743 g/mol. The predicted octanol–water partition coefficient (Wildman–Crippen LogP) is 10.9. The quantitative estimate of drug-likeness (QED) is 0.114. The summed E-state index contributed by atoms with van der Waals surface area (Å²) in [4.78, 5) is 0. The third-order valence-corrected chi connectivity index (χ3v) is 16.6. The van der Waals surface area contributed by atoms with E-state index < -0.39 is 8.07 Å². The van der Waals surface area contributed by atoms with Gasteiger partial charge in [-0.25, -0.2) is 0 Å². The highest BCUT2D eigenvalue weighted by Gasteiger charge is 2.41. The molecule has 0 radical (unpaired) electrons. The molecule has 0 saturated heterocycles. The minimum absolute atomic E-state index is 1.15. The standard InChI is InChI=1S/C54H38N2Si/c1-6-20-40(21-7-1)55-50-32-18-16-30-46(50)49-38-48(53-52(54(49)55)47-31-17-19-33-51(47)56(53)41-22-8-2-9-23-41)39-34-36-45(37-35-39)57(42-24-10-3-11-25-42,43-26-12-4-13-27-43)44-28-14-5-15-29-44/h1-38H. The van der Waals surface area contributed by atoms with Crippen molar-refractivity contribution in [2.45, 2.75) is 0 Å². The monoisotopic (exact) mass is 742 g/mol. The number of para-hydroxylation sites is 4. The molecule has 268 valence electrons. The molecular formula is C54H38N2Si. The van der Waals surface area contributed by atoms with Gasteiger partial charge in [-0.15, -0.1) is 0 Å². The normalized spacial score (nSPS) is 11.9. The maximum absolute atomic E-state index is 2.69. The van der Waals surface area contributed by atoms with Crippen LogP contribution in [0.3, 0.4) is 0 Å². The Morgan fingerprint density at radius 2 is 0.684 bits per heavy atom. The van der Waals surface area contributed by atoms with Crippen LogP contribution in [0, 0.1) is 0 Å². The van der Waals surface area contributed by atoms with Crippen molar-refractivity contribution >= 4 is 72.4 Å². The molecule has 0 spiro atoms. The number of benzene rings is 9. The Hall–Kier alpha value is -7.20. The van der Waals surface area contributed by atoms with Gasteiger partial charge < -0.3 is 9.13 Å². The number of hydrogen-bond donors (Lipinski definition) is 0. The lowest BCUT2D eigenvalue weighted by Crippen LogP contribution is -2.74. The summed E-state index contributed by atoms with van der Waals surface area (Å²) in [5.74, 6) is 0. The number of hydrogen-bond acceptors (Lipinski definition) is 0. The summed E-state index contributed by atoms with van der Waals surface area (Å²) in [6.45, 7) is 0. The Morgan fingerprint density at radius 1 is 0.298 bits per heavy atom. The third kappa shape index (κ3) is 5.10. The maximum Gasteiger partial charge on any atom is 0.179 e. The zero-order chi connectivity index (χ0) is 37.8. The van der Waals surface area contributed by atoms with Gasteiger partial charge in [0.05, 0.1) is 22.1 Å². The first-order valence-corrected chi connectivity index (χ1v) is 21.7. The molecule has 2 heterocycles. The Labute approximate surface area is 333 Å². The van der Waals surface area contributed by atoms with Crippen molar-refractivity contribution in [1.82, 2.24) is 9.13 Å². The number of aromatic nitrogens is 2. The van der Waals surface area contributed by atoms with Crippen LogP contribution in [0.4, 0.5) is 0 Å². The zero-order valence-electron chi connectivity index (χ0n) is 31.3. The molecule has 11 rings (SSSR count). The highest BCUT2D eigenvalue weighted by atomic mass is 28.3. The van der Waals surface area contributed by atoms with Gasteiger partial charge in [0, 0.05) is 38.5 Å². The number of fused-ring (bicyclic) bond motifs is 7. The van der Waals surface area contributed by atoms with Crippen LogP contribution < -0.4 is 20.7 Å². The van der Waals surface area contributed by atoms with E-state index in [-0.39, 0.29) is 0 Å². The first kappa shape index (κ1) is 33.2. The summed E-state index contributed by atoms with van der Waals surface area (Å²) in [5, 5.41) is 10.5. The highest BCUT2D eigenvalue weighted by molar-refractivity contribution is 7.19. The molecule has 0 saturated carbocycles. The zero-order valence-corrected chi connectivity index (χ0v) is 32.3. The van der Waals surface area contributed by atoms with Crippen LogP contribution in [0.15, 0.2) is 231 Å². The molecule has 2 aromatic heterocycles. The summed E-state index contributed by atoms with van der Waals surface area (Å²) >= 11 is 0. The van der Waals surface area contributed by atoms with Crippen LogP contribution >= 0.6 is 0 Å². The number of rotatable bonds is 7. The highest BCUT2D eigenvalue weighted by Crippen LogP contribution is 2.46. The Kier molecular flexibility index (Phi) is 7.87. The molecular weight excluding hydrogens is 705 g/mol. The smallest absolute Gasteiger partial charge is 0.179 e. The molecule has 57 heavy (non-hydrogen) atoms.